The van der Waals surface area contributed by atoms with Crippen LogP contribution in [0.1, 0.15) is 32.6 Å². The van der Waals surface area contributed by atoms with Crippen LogP contribution in [0.4, 0.5) is 4.79 Å². The molecule has 5 nitrogen and oxygen atoms in total. The summed E-state index contributed by atoms with van der Waals surface area (Å²) in [5, 5.41) is 11.8. The number of carbonyl (C=O) groups excluding carboxylic acids is 1. The molecule has 5 heteroatoms. The molecule has 1 fully saturated rings. The predicted octanol–water partition coefficient (Wildman–Crippen LogP) is 1.30. The molecule has 0 heterocycles. The topological polar surface area (TPSA) is 69.6 Å². The Morgan fingerprint density at radius 3 is 2.56 bits per heavy atom. The van der Waals surface area contributed by atoms with Crippen LogP contribution >= 0.6 is 0 Å². The van der Waals surface area contributed by atoms with Gasteiger partial charge in [0.25, 0.3) is 0 Å². The molecular weight excluding hydrogens is 232 g/mol. The largest absolute Gasteiger partial charge is 0.481 e. The maximum absolute atomic E-state index is 11.9. The molecule has 0 aromatic carbocycles. The summed E-state index contributed by atoms with van der Waals surface area (Å²) in [6.45, 7) is 2.98. The fourth-order valence-corrected chi connectivity index (χ4v) is 2.06. The smallest absolute Gasteiger partial charge is 0.318 e. The summed E-state index contributed by atoms with van der Waals surface area (Å²) in [6, 6.07) is -0.276. The number of carboxylic acid groups (broad SMARTS) is 1. The van der Waals surface area contributed by atoms with Crippen molar-refractivity contribution in [2.45, 2.75) is 32.6 Å². The average Bonchev–Trinajstić information content (AvgIpc) is 2.26. The highest BCUT2D eigenvalue weighted by Gasteiger charge is 2.44. The zero-order valence-electron chi connectivity index (χ0n) is 10.7. The maximum atomic E-state index is 11.9. The lowest BCUT2D eigenvalue weighted by Gasteiger charge is -2.38. The van der Waals surface area contributed by atoms with Crippen LogP contribution in [0.3, 0.4) is 0 Å². The Hall–Kier alpha value is -1.70. The van der Waals surface area contributed by atoms with Gasteiger partial charge in [-0.1, -0.05) is 19.3 Å². The molecule has 0 aliphatic heterocycles. The number of amides is 2. The van der Waals surface area contributed by atoms with Crippen LogP contribution in [-0.2, 0) is 4.79 Å². The van der Waals surface area contributed by atoms with Gasteiger partial charge in [-0.05, 0) is 19.3 Å². The van der Waals surface area contributed by atoms with E-state index in [0.717, 1.165) is 12.8 Å². The third kappa shape index (κ3) is 3.16. The van der Waals surface area contributed by atoms with Crippen LogP contribution in [0.5, 0.6) is 0 Å². The van der Waals surface area contributed by atoms with Crippen LogP contribution in [-0.4, -0.2) is 41.6 Å². The molecule has 18 heavy (non-hydrogen) atoms. The number of terminal acetylenes is 1. The number of nitrogens with zero attached hydrogens (tertiary/aromatic N) is 1. The molecule has 0 atom stereocenters. The summed E-state index contributed by atoms with van der Waals surface area (Å²) in [4.78, 5) is 24.5. The molecule has 0 aromatic heterocycles. The summed E-state index contributed by atoms with van der Waals surface area (Å²) in [6.07, 6.45) is 8.19. The molecule has 0 spiro atoms. The lowest BCUT2D eigenvalue weighted by atomic mass is 9.69. The first-order valence-corrected chi connectivity index (χ1v) is 6.25. The zero-order valence-corrected chi connectivity index (χ0v) is 10.7. The first kappa shape index (κ1) is 14.4. The monoisotopic (exact) mass is 252 g/mol. The minimum absolute atomic E-state index is 0.186. The molecule has 0 bridgehead atoms. The van der Waals surface area contributed by atoms with Gasteiger partial charge >= 0.3 is 12.0 Å². The standard InChI is InChI=1S/C13H20N2O3/c1-3-8-15(9-4-2)12(18)14-10-13(11(16)17)6-5-7-13/h1H,4-10H2,2H3,(H,14,18)(H,16,17). The minimum atomic E-state index is -0.826. The van der Waals surface area contributed by atoms with E-state index >= 15 is 0 Å². The van der Waals surface area contributed by atoms with E-state index in [2.05, 4.69) is 11.2 Å². The van der Waals surface area contributed by atoms with Gasteiger partial charge < -0.3 is 15.3 Å². The predicted molar refractivity (Wildman–Crippen MR) is 68.0 cm³/mol. The van der Waals surface area contributed by atoms with Crippen molar-refractivity contribution in [2.24, 2.45) is 5.41 Å². The molecule has 1 aliphatic rings. The molecule has 2 amide bonds. The van der Waals surface area contributed by atoms with E-state index in [1.165, 1.54) is 4.90 Å². The third-order valence-corrected chi connectivity index (χ3v) is 3.41. The normalized spacial score (nSPS) is 16.2. The highest BCUT2D eigenvalue weighted by molar-refractivity contribution is 5.79. The molecule has 2 N–H and O–H groups in total. The van der Waals surface area contributed by atoms with E-state index in [1.807, 2.05) is 6.92 Å². The van der Waals surface area contributed by atoms with Crippen molar-refractivity contribution in [1.29, 1.82) is 0 Å². The third-order valence-electron chi connectivity index (χ3n) is 3.41. The lowest BCUT2D eigenvalue weighted by Crippen LogP contribution is -2.50. The van der Waals surface area contributed by atoms with Crippen molar-refractivity contribution < 1.29 is 14.7 Å². The number of hydrogen-bond acceptors (Lipinski definition) is 2. The van der Waals surface area contributed by atoms with Gasteiger partial charge in [0.15, 0.2) is 0 Å². The number of rotatable bonds is 6. The molecule has 1 aliphatic carbocycles. The van der Waals surface area contributed by atoms with Crippen molar-refractivity contribution in [3.63, 3.8) is 0 Å². The van der Waals surface area contributed by atoms with Gasteiger partial charge in [0.2, 0.25) is 0 Å². The van der Waals surface area contributed by atoms with E-state index < -0.39 is 11.4 Å². The van der Waals surface area contributed by atoms with E-state index in [9.17, 15) is 9.59 Å². The first-order valence-electron chi connectivity index (χ1n) is 6.25. The van der Waals surface area contributed by atoms with Crippen molar-refractivity contribution in [3.05, 3.63) is 0 Å². The van der Waals surface area contributed by atoms with Crippen LogP contribution in [0.15, 0.2) is 0 Å². The van der Waals surface area contributed by atoms with Crippen molar-refractivity contribution in [1.82, 2.24) is 10.2 Å². The number of hydrogen-bond donors (Lipinski definition) is 2. The van der Waals surface area contributed by atoms with E-state index in [0.29, 0.717) is 19.4 Å². The van der Waals surface area contributed by atoms with Gasteiger partial charge in [-0.15, -0.1) is 6.42 Å². The quantitative estimate of drug-likeness (QED) is 0.700. The van der Waals surface area contributed by atoms with Gasteiger partial charge in [0.1, 0.15) is 0 Å². The Bertz CT molecular complexity index is 356. The number of urea groups is 1. The molecule has 0 saturated heterocycles. The van der Waals surface area contributed by atoms with Gasteiger partial charge in [-0.25, -0.2) is 4.79 Å². The summed E-state index contributed by atoms with van der Waals surface area (Å²) < 4.78 is 0. The second-order valence-electron chi connectivity index (χ2n) is 4.72. The molecular formula is C13H20N2O3. The summed E-state index contributed by atoms with van der Waals surface area (Å²) in [5.41, 5.74) is -0.760. The fourth-order valence-electron chi connectivity index (χ4n) is 2.06. The number of carboxylic acids is 1. The average molecular weight is 252 g/mol. The molecule has 1 saturated carbocycles. The van der Waals surface area contributed by atoms with Crippen molar-refractivity contribution in [2.75, 3.05) is 19.6 Å². The van der Waals surface area contributed by atoms with Gasteiger partial charge in [0.05, 0.1) is 12.0 Å². The summed E-state index contributed by atoms with van der Waals surface area (Å²) >= 11 is 0. The Balaban J connectivity index is 2.48. The Kier molecular flexibility index (Phi) is 5.02. The van der Waals surface area contributed by atoms with Gasteiger partial charge in [-0.3, -0.25) is 4.79 Å². The zero-order chi connectivity index (χ0) is 13.6. The van der Waals surface area contributed by atoms with E-state index in [4.69, 9.17) is 11.5 Å². The summed E-state index contributed by atoms with van der Waals surface area (Å²) in [7, 11) is 0. The molecule has 0 radical (unpaired) electrons. The molecule has 0 aromatic rings. The van der Waals surface area contributed by atoms with Crippen LogP contribution in [0.25, 0.3) is 0 Å². The van der Waals surface area contributed by atoms with E-state index in [-0.39, 0.29) is 19.1 Å². The fraction of sp³-hybridized carbons (Fsp3) is 0.692. The van der Waals surface area contributed by atoms with E-state index in [1.54, 1.807) is 0 Å². The van der Waals surface area contributed by atoms with Crippen LogP contribution in [0, 0.1) is 17.8 Å². The lowest BCUT2D eigenvalue weighted by molar-refractivity contribution is -0.153. The number of nitrogens with one attached hydrogen (secondary N) is 1. The van der Waals surface area contributed by atoms with Crippen LogP contribution in [0.2, 0.25) is 0 Å². The molecule has 100 valence electrons. The second kappa shape index (κ2) is 6.29. The van der Waals surface area contributed by atoms with Gasteiger partial charge in [0, 0.05) is 13.1 Å². The van der Waals surface area contributed by atoms with Gasteiger partial charge in [-0.2, -0.15) is 0 Å². The highest BCUT2D eigenvalue weighted by atomic mass is 16.4. The van der Waals surface area contributed by atoms with Crippen molar-refractivity contribution in [3.8, 4) is 12.3 Å². The van der Waals surface area contributed by atoms with Crippen molar-refractivity contribution >= 4 is 12.0 Å². The maximum Gasteiger partial charge on any atom is 0.318 e. The number of aliphatic carboxylic acids is 1. The second-order valence-corrected chi connectivity index (χ2v) is 4.72. The highest BCUT2D eigenvalue weighted by Crippen LogP contribution is 2.40. The molecule has 0 unspecified atom stereocenters. The first-order chi connectivity index (χ1) is 8.55. The minimum Gasteiger partial charge on any atom is -0.481 e. The van der Waals surface area contributed by atoms with Crippen LogP contribution < -0.4 is 5.32 Å². The number of carbonyl (C=O) groups is 2. The Labute approximate surface area is 108 Å². The molecule has 1 rings (SSSR count). The Morgan fingerprint density at radius 2 is 2.17 bits per heavy atom. The SMILES string of the molecule is C#CCN(CCC)C(=O)NCC1(C(=O)O)CCC1. The Morgan fingerprint density at radius 1 is 1.50 bits per heavy atom. The summed E-state index contributed by atoms with van der Waals surface area (Å²) in [5.74, 6) is 1.60.